The third kappa shape index (κ3) is 5.88. The second-order valence-electron chi connectivity index (χ2n) is 4.64. The molecule has 5 nitrogen and oxygen atoms in total. The zero-order valence-electron chi connectivity index (χ0n) is 14.0. The first kappa shape index (κ1) is 18.9. The number of aliphatic hydroxyl groups excluding tert-OH is 1. The number of hydrogen-bond acceptors (Lipinski definition) is 5. The van der Waals surface area contributed by atoms with Crippen molar-refractivity contribution in [2.45, 2.75) is 26.3 Å². The smallest absolute Gasteiger partial charge is 0.134 e. The maximum Gasteiger partial charge on any atom is 0.134 e. The van der Waals surface area contributed by atoms with Gasteiger partial charge in [-0.15, -0.1) is 0 Å². The Morgan fingerprint density at radius 2 is 1.96 bits per heavy atom. The second kappa shape index (κ2) is 10.6. The van der Waals surface area contributed by atoms with Gasteiger partial charge in [-0.25, -0.2) is 0 Å². The van der Waals surface area contributed by atoms with E-state index >= 15 is 0 Å². The normalized spacial score (nSPS) is 18.2. The lowest BCUT2D eigenvalue weighted by Crippen LogP contribution is -2.19. The molecule has 0 saturated carbocycles. The van der Waals surface area contributed by atoms with Gasteiger partial charge in [0.25, 0.3) is 0 Å². The topological polar surface area (TPSA) is 77.1 Å². The summed E-state index contributed by atoms with van der Waals surface area (Å²) in [5, 5.41) is 9.22. The predicted octanol–water partition coefficient (Wildman–Crippen LogP) is 2.97. The average molecular weight is 318 g/mol. The van der Waals surface area contributed by atoms with Gasteiger partial charge in [0.2, 0.25) is 0 Å². The van der Waals surface area contributed by atoms with Crippen LogP contribution in [0.3, 0.4) is 0 Å². The minimum atomic E-state index is -0.0640. The van der Waals surface area contributed by atoms with Crippen LogP contribution in [0.2, 0.25) is 0 Å². The van der Waals surface area contributed by atoms with Crippen LogP contribution in [0.1, 0.15) is 20.3 Å². The lowest BCUT2D eigenvalue weighted by Gasteiger charge is -2.22. The van der Waals surface area contributed by atoms with Crippen molar-refractivity contribution in [1.29, 1.82) is 0 Å². The van der Waals surface area contributed by atoms with E-state index in [0.29, 0.717) is 23.8 Å². The van der Waals surface area contributed by atoms with E-state index in [9.17, 15) is 5.11 Å². The molecule has 1 aromatic rings. The van der Waals surface area contributed by atoms with E-state index in [1.165, 1.54) is 0 Å². The van der Waals surface area contributed by atoms with Crippen molar-refractivity contribution < 1.29 is 14.6 Å². The van der Waals surface area contributed by atoms with Gasteiger partial charge in [-0.05, 0) is 36.8 Å². The minimum absolute atomic E-state index is 0.0588. The van der Waals surface area contributed by atoms with Gasteiger partial charge in [0.15, 0.2) is 0 Å². The number of ether oxygens (including phenoxy) is 2. The SMILES string of the molecule is CC.COCCC1N=CC=C(Oc2ccc(N)cc2)/C1=C/CO. The van der Waals surface area contributed by atoms with E-state index in [1.807, 2.05) is 26.0 Å². The summed E-state index contributed by atoms with van der Waals surface area (Å²) >= 11 is 0. The molecule has 1 aliphatic heterocycles. The molecule has 0 aliphatic carbocycles. The third-order valence-corrected chi connectivity index (χ3v) is 3.15. The summed E-state index contributed by atoms with van der Waals surface area (Å²) in [7, 11) is 1.66. The number of anilines is 1. The molecule has 23 heavy (non-hydrogen) atoms. The molecule has 1 atom stereocenters. The number of dihydropyridines is 1. The minimum Gasteiger partial charge on any atom is -0.457 e. The monoisotopic (exact) mass is 318 g/mol. The van der Waals surface area contributed by atoms with Crippen LogP contribution in [0.5, 0.6) is 5.75 Å². The van der Waals surface area contributed by atoms with Crippen molar-refractivity contribution in [3.63, 3.8) is 0 Å². The Hall–Kier alpha value is -2.11. The standard InChI is InChI=1S/C16H20N2O3.C2H6/c1-20-11-8-15-14(7-10-19)16(6-9-18-15)21-13-4-2-12(17)3-5-13;1-2/h2-7,9,15,19H,8,10-11,17H2,1H3;1-2H3/b14-7+;. The molecule has 0 spiro atoms. The molecular weight excluding hydrogens is 292 g/mol. The molecule has 1 unspecified atom stereocenters. The predicted molar refractivity (Wildman–Crippen MR) is 94.9 cm³/mol. The van der Waals surface area contributed by atoms with E-state index in [1.54, 1.807) is 37.6 Å². The number of nitrogen functional groups attached to an aromatic ring is 1. The Balaban J connectivity index is 0.00000127. The quantitative estimate of drug-likeness (QED) is 0.791. The molecule has 1 aromatic carbocycles. The Labute approximate surface area is 138 Å². The molecule has 0 fully saturated rings. The van der Waals surface area contributed by atoms with E-state index in [0.717, 1.165) is 12.0 Å². The number of aliphatic hydroxyl groups is 1. The van der Waals surface area contributed by atoms with Gasteiger partial charge in [0.1, 0.15) is 11.5 Å². The fourth-order valence-corrected chi connectivity index (χ4v) is 2.11. The molecule has 0 saturated heterocycles. The van der Waals surface area contributed by atoms with E-state index in [-0.39, 0.29) is 12.6 Å². The molecule has 0 radical (unpaired) electrons. The molecule has 0 aromatic heterocycles. The Bertz CT molecular complexity index is 548. The first-order chi connectivity index (χ1) is 11.2. The molecule has 126 valence electrons. The van der Waals surface area contributed by atoms with Crippen LogP contribution >= 0.6 is 0 Å². The van der Waals surface area contributed by atoms with Gasteiger partial charge in [-0.1, -0.05) is 19.9 Å². The highest BCUT2D eigenvalue weighted by molar-refractivity contribution is 5.76. The molecule has 5 heteroatoms. The maximum absolute atomic E-state index is 9.22. The summed E-state index contributed by atoms with van der Waals surface area (Å²) in [5.74, 6) is 1.38. The number of rotatable bonds is 6. The fourth-order valence-electron chi connectivity index (χ4n) is 2.11. The first-order valence-corrected chi connectivity index (χ1v) is 7.81. The van der Waals surface area contributed by atoms with Crippen molar-refractivity contribution in [3.05, 3.63) is 47.7 Å². The summed E-state index contributed by atoms with van der Waals surface area (Å²) in [4.78, 5) is 4.41. The highest BCUT2D eigenvalue weighted by Crippen LogP contribution is 2.26. The molecule has 1 heterocycles. The maximum atomic E-state index is 9.22. The summed E-state index contributed by atoms with van der Waals surface area (Å²) in [6, 6.07) is 7.12. The molecule has 1 aliphatic rings. The molecule has 3 N–H and O–H groups in total. The first-order valence-electron chi connectivity index (χ1n) is 7.81. The van der Waals surface area contributed by atoms with Crippen molar-refractivity contribution >= 4 is 11.9 Å². The lowest BCUT2D eigenvalue weighted by atomic mass is 10.00. The zero-order valence-corrected chi connectivity index (χ0v) is 14.0. The summed E-state index contributed by atoms with van der Waals surface area (Å²) < 4.78 is 11.0. The highest BCUT2D eigenvalue weighted by atomic mass is 16.5. The Morgan fingerprint density at radius 3 is 2.57 bits per heavy atom. The van der Waals surface area contributed by atoms with Crippen molar-refractivity contribution in [3.8, 4) is 5.75 Å². The fraction of sp³-hybridized carbons (Fsp3) is 0.389. The van der Waals surface area contributed by atoms with Crippen LogP contribution < -0.4 is 10.5 Å². The van der Waals surface area contributed by atoms with Gasteiger partial charge in [-0.3, -0.25) is 4.99 Å². The molecular formula is C18H26N2O3. The van der Waals surface area contributed by atoms with Crippen molar-refractivity contribution in [1.82, 2.24) is 0 Å². The van der Waals surface area contributed by atoms with E-state index in [4.69, 9.17) is 15.2 Å². The average Bonchev–Trinajstić information content (AvgIpc) is 2.59. The number of nitrogens with zero attached hydrogens (tertiary/aromatic N) is 1. The van der Waals surface area contributed by atoms with Crippen molar-refractivity contribution in [2.75, 3.05) is 26.1 Å². The third-order valence-electron chi connectivity index (χ3n) is 3.15. The van der Waals surface area contributed by atoms with Crippen LogP contribution in [0.25, 0.3) is 0 Å². The zero-order chi connectivity index (χ0) is 17.1. The van der Waals surface area contributed by atoms with E-state index in [2.05, 4.69) is 4.99 Å². The van der Waals surface area contributed by atoms with Crippen LogP contribution in [0.15, 0.2) is 52.7 Å². The number of nitrogens with two attached hydrogens (primary N) is 1. The van der Waals surface area contributed by atoms with Gasteiger partial charge in [0, 0.05) is 31.2 Å². The molecule has 0 amide bonds. The van der Waals surface area contributed by atoms with E-state index < -0.39 is 0 Å². The van der Waals surface area contributed by atoms with Gasteiger partial charge >= 0.3 is 0 Å². The van der Waals surface area contributed by atoms with Crippen LogP contribution in [-0.4, -0.2) is 37.7 Å². The van der Waals surface area contributed by atoms with Crippen LogP contribution in [-0.2, 0) is 4.74 Å². The molecule has 2 rings (SSSR count). The Kier molecular flexibility index (Phi) is 8.72. The largest absolute Gasteiger partial charge is 0.457 e. The van der Waals surface area contributed by atoms with Crippen LogP contribution in [0, 0.1) is 0 Å². The lowest BCUT2D eigenvalue weighted by molar-refractivity contribution is 0.190. The summed E-state index contributed by atoms with van der Waals surface area (Å²) in [5.41, 5.74) is 7.22. The number of aliphatic imine (C=N–C) groups is 1. The second-order valence-corrected chi connectivity index (χ2v) is 4.64. The van der Waals surface area contributed by atoms with Crippen LogP contribution in [0.4, 0.5) is 5.69 Å². The number of allylic oxidation sites excluding steroid dienone is 1. The molecule has 0 bridgehead atoms. The number of methoxy groups -OCH3 is 1. The number of hydrogen-bond donors (Lipinski definition) is 2. The Morgan fingerprint density at radius 1 is 1.26 bits per heavy atom. The van der Waals surface area contributed by atoms with Gasteiger partial charge in [-0.2, -0.15) is 0 Å². The summed E-state index contributed by atoms with van der Waals surface area (Å²) in [6.07, 6.45) is 5.98. The summed E-state index contributed by atoms with van der Waals surface area (Å²) in [6.45, 7) is 4.54. The van der Waals surface area contributed by atoms with Crippen molar-refractivity contribution in [2.24, 2.45) is 4.99 Å². The number of benzene rings is 1. The van der Waals surface area contributed by atoms with Gasteiger partial charge < -0.3 is 20.3 Å². The van der Waals surface area contributed by atoms with Gasteiger partial charge in [0.05, 0.1) is 12.6 Å². The highest BCUT2D eigenvalue weighted by Gasteiger charge is 2.20.